The molecule has 2 amide bonds. The van der Waals surface area contributed by atoms with E-state index < -0.39 is 0 Å². The molecular formula is C16H15BrN2O2. The average molecular weight is 347 g/mol. The summed E-state index contributed by atoms with van der Waals surface area (Å²) in [5, 5.41) is 5.55. The largest absolute Gasteiger partial charge is 0.326 e. The van der Waals surface area contributed by atoms with Crippen molar-refractivity contribution in [1.82, 2.24) is 0 Å². The van der Waals surface area contributed by atoms with Gasteiger partial charge in [-0.1, -0.05) is 22.0 Å². The van der Waals surface area contributed by atoms with Gasteiger partial charge in [0.15, 0.2) is 0 Å². The fourth-order valence-electron chi connectivity index (χ4n) is 1.83. The zero-order chi connectivity index (χ0) is 15.4. The summed E-state index contributed by atoms with van der Waals surface area (Å²) in [6, 6.07) is 12.5. The van der Waals surface area contributed by atoms with Crippen LogP contribution in [0, 0.1) is 6.92 Å². The molecule has 5 heteroatoms. The first kappa shape index (κ1) is 15.3. The molecule has 4 nitrogen and oxygen atoms in total. The van der Waals surface area contributed by atoms with Crippen LogP contribution in [0.15, 0.2) is 46.9 Å². The molecule has 0 aliphatic carbocycles. The topological polar surface area (TPSA) is 58.2 Å². The second kappa shape index (κ2) is 6.54. The van der Waals surface area contributed by atoms with E-state index in [2.05, 4.69) is 26.6 Å². The molecule has 0 aromatic heterocycles. The fraction of sp³-hybridized carbons (Fsp3) is 0.125. The molecule has 2 N–H and O–H groups in total. The molecule has 0 aliphatic rings. The molecule has 0 spiro atoms. The van der Waals surface area contributed by atoms with Crippen molar-refractivity contribution in [2.45, 2.75) is 13.8 Å². The number of halogens is 1. The molecule has 0 saturated heterocycles. The number of carbonyl (C=O) groups excluding carboxylic acids is 2. The molecule has 0 heterocycles. The summed E-state index contributed by atoms with van der Waals surface area (Å²) in [5.74, 6) is -0.338. The second-order valence-corrected chi connectivity index (χ2v) is 5.59. The number of hydrogen-bond acceptors (Lipinski definition) is 2. The van der Waals surface area contributed by atoms with E-state index >= 15 is 0 Å². The predicted octanol–water partition coefficient (Wildman–Crippen LogP) is 3.97. The fourth-order valence-corrected chi connectivity index (χ4v) is 2.09. The minimum absolute atomic E-state index is 0.144. The Morgan fingerprint density at radius 2 is 1.67 bits per heavy atom. The zero-order valence-corrected chi connectivity index (χ0v) is 13.3. The Morgan fingerprint density at radius 1 is 1.00 bits per heavy atom. The van der Waals surface area contributed by atoms with Crippen LogP contribution in [0.2, 0.25) is 0 Å². The Hall–Kier alpha value is -2.14. The van der Waals surface area contributed by atoms with Gasteiger partial charge >= 0.3 is 0 Å². The highest BCUT2D eigenvalue weighted by molar-refractivity contribution is 9.10. The molecule has 0 aliphatic heterocycles. The van der Waals surface area contributed by atoms with E-state index in [1.54, 1.807) is 24.3 Å². The first-order valence-electron chi connectivity index (χ1n) is 6.41. The number of hydrogen-bond donors (Lipinski definition) is 2. The molecule has 21 heavy (non-hydrogen) atoms. The first-order valence-corrected chi connectivity index (χ1v) is 7.20. The molecule has 0 fully saturated rings. The van der Waals surface area contributed by atoms with Crippen molar-refractivity contribution < 1.29 is 9.59 Å². The molecule has 0 atom stereocenters. The summed E-state index contributed by atoms with van der Waals surface area (Å²) in [6.45, 7) is 3.35. The molecule has 0 radical (unpaired) electrons. The molecular weight excluding hydrogens is 332 g/mol. The lowest BCUT2D eigenvalue weighted by atomic mass is 10.1. The smallest absolute Gasteiger partial charge is 0.255 e. The standard InChI is InChI=1S/C16H15BrN2O2/c1-10-3-8-14(9-15(10)18-11(2)20)19-16(21)12-4-6-13(17)7-5-12/h3-9H,1-2H3,(H,18,20)(H,19,21). The van der Waals surface area contributed by atoms with Crippen LogP contribution in [0.5, 0.6) is 0 Å². The van der Waals surface area contributed by atoms with E-state index in [9.17, 15) is 9.59 Å². The van der Waals surface area contributed by atoms with Gasteiger partial charge in [0.05, 0.1) is 0 Å². The van der Waals surface area contributed by atoms with Crippen LogP contribution in [-0.4, -0.2) is 11.8 Å². The number of carbonyl (C=O) groups is 2. The second-order valence-electron chi connectivity index (χ2n) is 4.67. The number of aryl methyl sites for hydroxylation is 1. The summed E-state index contributed by atoms with van der Waals surface area (Å²) in [5.41, 5.74) is 2.83. The predicted molar refractivity (Wildman–Crippen MR) is 87.6 cm³/mol. The van der Waals surface area contributed by atoms with Crippen molar-refractivity contribution in [3.8, 4) is 0 Å². The molecule has 0 bridgehead atoms. The minimum Gasteiger partial charge on any atom is -0.326 e. The van der Waals surface area contributed by atoms with Crippen LogP contribution in [0.25, 0.3) is 0 Å². The van der Waals surface area contributed by atoms with Gasteiger partial charge in [-0.05, 0) is 48.9 Å². The van der Waals surface area contributed by atoms with Gasteiger partial charge in [-0.3, -0.25) is 9.59 Å². The van der Waals surface area contributed by atoms with Gasteiger partial charge in [0.1, 0.15) is 0 Å². The van der Waals surface area contributed by atoms with Crippen LogP contribution in [-0.2, 0) is 4.79 Å². The summed E-state index contributed by atoms with van der Waals surface area (Å²) in [4.78, 5) is 23.3. The zero-order valence-electron chi connectivity index (χ0n) is 11.7. The lowest BCUT2D eigenvalue weighted by Gasteiger charge is -2.10. The van der Waals surface area contributed by atoms with Crippen LogP contribution < -0.4 is 10.6 Å². The van der Waals surface area contributed by atoms with Crippen molar-refractivity contribution in [2.24, 2.45) is 0 Å². The molecule has 2 rings (SSSR count). The molecule has 0 unspecified atom stereocenters. The van der Waals surface area contributed by atoms with Gasteiger partial charge in [-0.2, -0.15) is 0 Å². The number of amides is 2. The lowest BCUT2D eigenvalue weighted by Crippen LogP contribution is -2.13. The third kappa shape index (κ3) is 4.16. The monoisotopic (exact) mass is 346 g/mol. The van der Waals surface area contributed by atoms with E-state index in [1.807, 2.05) is 25.1 Å². The van der Waals surface area contributed by atoms with Gasteiger partial charge in [0.2, 0.25) is 5.91 Å². The van der Waals surface area contributed by atoms with Crippen molar-refractivity contribution in [3.05, 3.63) is 58.1 Å². The summed E-state index contributed by atoms with van der Waals surface area (Å²) < 4.78 is 0.919. The normalized spacial score (nSPS) is 10.0. The van der Waals surface area contributed by atoms with E-state index in [4.69, 9.17) is 0 Å². The lowest BCUT2D eigenvalue weighted by molar-refractivity contribution is -0.114. The third-order valence-corrected chi connectivity index (χ3v) is 3.44. The van der Waals surface area contributed by atoms with Crippen molar-refractivity contribution in [3.63, 3.8) is 0 Å². The maximum absolute atomic E-state index is 12.1. The van der Waals surface area contributed by atoms with Gasteiger partial charge < -0.3 is 10.6 Å². The Morgan fingerprint density at radius 3 is 2.29 bits per heavy atom. The van der Waals surface area contributed by atoms with Gasteiger partial charge in [-0.15, -0.1) is 0 Å². The number of anilines is 2. The molecule has 2 aromatic rings. The molecule has 0 saturated carbocycles. The molecule has 108 valence electrons. The maximum Gasteiger partial charge on any atom is 0.255 e. The Labute approximate surface area is 131 Å². The number of rotatable bonds is 3. The third-order valence-electron chi connectivity index (χ3n) is 2.91. The van der Waals surface area contributed by atoms with Gasteiger partial charge in [0.25, 0.3) is 5.91 Å². The quantitative estimate of drug-likeness (QED) is 0.883. The van der Waals surface area contributed by atoms with Crippen molar-refractivity contribution in [1.29, 1.82) is 0 Å². The number of benzene rings is 2. The summed E-state index contributed by atoms with van der Waals surface area (Å²) in [6.07, 6.45) is 0. The summed E-state index contributed by atoms with van der Waals surface area (Å²) in [7, 11) is 0. The van der Waals surface area contributed by atoms with Crippen LogP contribution >= 0.6 is 15.9 Å². The highest BCUT2D eigenvalue weighted by Crippen LogP contribution is 2.21. The van der Waals surface area contributed by atoms with Crippen LogP contribution in [0.3, 0.4) is 0 Å². The highest BCUT2D eigenvalue weighted by Gasteiger charge is 2.08. The number of nitrogens with one attached hydrogen (secondary N) is 2. The Kier molecular flexibility index (Phi) is 4.75. The molecule has 2 aromatic carbocycles. The van der Waals surface area contributed by atoms with Crippen molar-refractivity contribution in [2.75, 3.05) is 10.6 Å². The maximum atomic E-state index is 12.1. The van der Waals surface area contributed by atoms with Gasteiger partial charge in [-0.25, -0.2) is 0 Å². The Bertz CT molecular complexity index is 681. The minimum atomic E-state index is -0.194. The average Bonchev–Trinajstić information content (AvgIpc) is 2.42. The van der Waals surface area contributed by atoms with Crippen molar-refractivity contribution >= 4 is 39.1 Å². The summed E-state index contributed by atoms with van der Waals surface area (Å²) >= 11 is 3.33. The van der Waals surface area contributed by atoms with E-state index in [-0.39, 0.29) is 11.8 Å². The SMILES string of the molecule is CC(=O)Nc1cc(NC(=O)c2ccc(Br)cc2)ccc1C. The van der Waals surface area contributed by atoms with Crippen LogP contribution in [0.1, 0.15) is 22.8 Å². The highest BCUT2D eigenvalue weighted by atomic mass is 79.9. The van der Waals surface area contributed by atoms with E-state index in [0.29, 0.717) is 16.9 Å². The van der Waals surface area contributed by atoms with Gasteiger partial charge in [0, 0.05) is 28.3 Å². The first-order chi connectivity index (χ1) is 9.95. The van der Waals surface area contributed by atoms with E-state index in [1.165, 1.54) is 6.92 Å². The van der Waals surface area contributed by atoms with Crippen LogP contribution in [0.4, 0.5) is 11.4 Å². The Balaban J connectivity index is 2.17. The van der Waals surface area contributed by atoms with E-state index in [0.717, 1.165) is 10.0 Å².